The van der Waals surface area contributed by atoms with Gasteiger partial charge in [0.1, 0.15) is 12.2 Å². The molecule has 6 aromatic carbocycles. The topological polar surface area (TPSA) is 36.9 Å². The molecular weight excluding hydrogens is 665 g/mol. The van der Waals surface area contributed by atoms with Crippen molar-refractivity contribution in [3.05, 3.63) is 220 Å². The van der Waals surface area contributed by atoms with Crippen molar-refractivity contribution in [2.24, 2.45) is 5.92 Å². The molecule has 0 bridgehead atoms. The molecule has 0 unspecified atom stereocenters. The van der Waals surface area contributed by atoms with Crippen molar-refractivity contribution < 1.29 is 18.9 Å². The molecule has 0 radical (unpaired) electrons. The maximum Gasteiger partial charge on any atom is 0.115 e. The SMILES string of the molecule is CCc1ccc(Cc2cccc(C3=C[C@H](COCc4ccccc4)[C@@H](OCc4ccccc4)[C@H](OCc4ccccc4)[C@H]3OCc3ccccc3)c2)cc1. The lowest BCUT2D eigenvalue weighted by molar-refractivity contribution is -0.158. The first kappa shape index (κ1) is 37.2. The molecule has 0 fully saturated rings. The van der Waals surface area contributed by atoms with Gasteiger partial charge in [0, 0.05) is 5.92 Å². The highest BCUT2D eigenvalue weighted by Gasteiger charge is 2.43. The number of hydrogen-bond donors (Lipinski definition) is 0. The van der Waals surface area contributed by atoms with E-state index in [2.05, 4.69) is 159 Å². The summed E-state index contributed by atoms with van der Waals surface area (Å²) < 4.78 is 27.5. The van der Waals surface area contributed by atoms with Crippen LogP contribution in [0.2, 0.25) is 0 Å². The van der Waals surface area contributed by atoms with Crippen molar-refractivity contribution in [3.8, 4) is 0 Å². The summed E-state index contributed by atoms with van der Waals surface area (Å²) in [5.41, 5.74) is 10.6. The van der Waals surface area contributed by atoms with Crippen LogP contribution in [0.1, 0.15) is 51.4 Å². The zero-order chi connectivity index (χ0) is 36.8. The first-order valence-corrected chi connectivity index (χ1v) is 19.2. The van der Waals surface area contributed by atoms with Crippen molar-refractivity contribution in [2.45, 2.75) is 64.5 Å². The number of benzene rings is 6. The van der Waals surface area contributed by atoms with Crippen molar-refractivity contribution in [1.29, 1.82) is 0 Å². The van der Waals surface area contributed by atoms with Crippen LogP contribution in [-0.2, 0) is 58.2 Å². The molecule has 0 aromatic heterocycles. The van der Waals surface area contributed by atoms with Crippen LogP contribution in [0.5, 0.6) is 0 Å². The maximum absolute atomic E-state index is 7.02. The number of rotatable bonds is 17. The van der Waals surface area contributed by atoms with Gasteiger partial charge in [0.25, 0.3) is 0 Å². The Labute approximate surface area is 321 Å². The largest absolute Gasteiger partial charge is 0.376 e. The minimum absolute atomic E-state index is 0.102. The quantitative estimate of drug-likeness (QED) is 0.0943. The van der Waals surface area contributed by atoms with Crippen LogP contribution in [0.3, 0.4) is 0 Å². The molecule has 6 aromatic rings. The van der Waals surface area contributed by atoms with E-state index in [1.807, 2.05) is 24.3 Å². The number of aryl methyl sites for hydroxylation is 1. The highest BCUT2D eigenvalue weighted by Crippen LogP contribution is 2.38. The van der Waals surface area contributed by atoms with E-state index < -0.39 is 12.2 Å². The third-order valence-corrected chi connectivity index (χ3v) is 10.1. The molecule has 0 aliphatic heterocycles. The second kappa shape index (κ2) is 19.3. The minimum atomic E-state index is -0.423. The van der Waals surface area contributed by atoms with Gasteiger partial charge in [-0.25, -0.2) is 0 Å². The predicted octanol–water partition coefficient (Wildman–Crippen LogP) is 10.8. The molecule has 4 nitrogen and oxygen atoms in total. The second-order valence-corrected chi connectivity index (χ2v) is 14.1. The molecule has 0 saturated heterocycles. The zero-order valence-corrected chi connectivity index (χ0v) is 31.1. The highest BCUT2D eigenvalue weighted by molar-refractivity contribution is 5.71. The van der Waals surface area contributed by atoms with E-state index in [-0.39, 0.29) is 12.0 Å². The van der Waals surface area contributed by atoms with E-state index in [0.29, 0.717) is 33.0 Å². The number of hydrogen-bond acceptors (Lipinski definition) is 4. The molecule has 1 aliphatic carbocycles. The highest BCUT2D eigenvalue weighted by atomic mass is 16.6. The summed E-state index contributed by atoms with van der Waals surface area (Å²) in [5, 5.41) is 0. The van der Waals surface area contributed by atoms with Gasteiger partial charge in [0.2, 0.25) is 0 Å². The third kappa shape index (κ3) is 10.3. The van der Waals surface area contributed by atoms with Crippen LogP contribution in [0.15, 0.2) is 176 Å². The normalized spacial score (nSPS) is 18.3. The first-order valence-electron chi connectivity index (χ1n) is 19.2. The van der Waals surface area contributed by atoms with E-state index >= 15 is 0 Å². The van der Waals surface area contributed by atoms with E-state index in [1.54, 1.807) is 0 Å². The molecule has 4 heteroatoms. The van der Waals surface area contributed by atoms with E-state index in [0.717, 1.165) is 46.2 Å². The Morgan fingerprint density at radius 1 is 0.426 bits per heavy atom. The fourth-order valence-corrected chi connectivity index (χ4v) is 7.17. The van der Waals surface area contributed by atoms with Crippen LogP contribution in [-0.4, -0.2) is 24.9 Å². The Balaban J connectivity index is 1.27. The summed E-state index contributed by atoms with van der Waals surface area (Å²) in [7, 11) is 0. The Hall–Kier alpha value is -5.10. The van der Waals surface area contributed by atoms with Gasteiger partial charge in [0.05, 0.1) is 39.1 Å². The molecule has 0 N–H and O–H groups in total. The van der Waals surface area contributed by atoms with E-state index in [9.17, 15) is 0 Å². The molecule has 7 rings (SSSR count). The van der Waals surface area contributed by atoms with Crippen LogP contribution in [0, 0.1) is 5.92 Å². The van der Waals surface area contributed by atoms with Gasteiger partial charge < -0.3 is 18.9 Å². The summed E-state index contributed by atoms with van der Waals surface area (Å²) in [6.45, 7) is 4.51. The standard InChI is InChI=1S/C50H50O4/c1-2-38-26-28-39(29-27-38)30-44-24-15-25-45(31-44)47-32-46(37-51-33-40-16-7-3-8-17-40)48(52-34-41-18-9-4-10-19-41)50(54-36-43-22-13-6-14-23-43)49(47)53-35-42-20-11-5-12-21-42/h3-29,31-32,46,48-50H,2,30,33-37H2,1H3/t46-,48-,49+,50+/m1/s1. The maximum atomic E-state index is 7.02. The van der Waals surface area contributed by atoms with Gasteiger partial charge >= 0.3 is 0 Å². The van der Waals surface area contributed by atoms with Crippen molar-refractivity contribution in [3.63, 3.8) is 0 Å². The average molecular weight is 715 g/mol. The van der Waals surface area contributed by atoms with Crippen LogP contribution < -0.4 is 0 Å². The van der Waals surface area contributed by atoms with Crippen LogP contribution in [0.4, 0.5) is 0 Å². The van der Waals surface area contributed by atoms with Gasteiger partial charge in [-0.05, 0) is 62.9 Å². The molecule has 274 valence electrons. The van der Waals surface area contributed by atoms with E-state index in [1.165, 1.54) is 16.7 Å². The Morgan fingerprint density at radius 2 is 0.907 bits per heavy atom. The van der Waals surface area contributed by atoms with Crippen molar-refractivity contribution in [2.75, 3.05) is 6.61 Å². The summed E-state index contributed by atoms with van der Waals surface area (Å²) >= 11 is 0. The molecule has 0 heterocycles. The van der Waals surface area contributed by atoms with Gasteiger partial charge in [-0.2, -0.15) is 0 Å². The van der Waals surface area contributed by atoms with Crippen LogP contribution >= 0.6 is 0 Å². The molecule has 4 atom stereocenters. The van der Waals surface area contributed by atoms with Crippen LogP contribution in [0.25, 0.3) is 5.57 Å². The zero-order valence-electron chi connectivity index (χ0n) is 31.1. The lowest BCUT2D eigenvalue weighted by Gasteiger charge is -2.42. The summed E-state index contributed by atoms with van der Waals surface area (Å²) in [5.74, 6) is -0.102. The Bertz CT molecular complexity index is 2010. The fraction of sp³-hybridized carbons (Fsp3) is 0.240. The fourth-order valence-electron chi connectivity index (χ4n) is 7.17. The van der Waals surface area contributed by atoms with Gasteiger partial charge in [-0.15, -0.1) is 0 Å². The number of ether oxygens (including phenoxy) is 4. The monoisotopic (exact) mass is 714 g/mol. The minimum Gasteiger partial charge on any atom is -0.376 e. The smallest absolute Gasteiger partial charge is 0.115 e. The molecule has 0 saturated carbocycles. The van der Waals surface area contributed by atoms with Crippen molar-refractivity contribution in [1.82, 2.24) is 0 Å². The molecule has 0 spiro atoms. The Kier molecular flexibility index (Phi) is 13.3. The van der Waals surface area contributed by atoms with Gasteiger partial charge in [-0.1, -0.05) is 183 Å². The third-order valence-electron chi connectivity index (χ3n) is 10.1. The summed E-state index contributed by atoms with van der Waals surface area (Å²) in [4.78, 5) is 0. The molecule has 54 heavy (non-hydrogen) atoms. The second-order valence-electron chi connectivity index (χ2n) is 14.1. The lowest BCUT2D eigenvalue weighted by atomic mass is 9.80. The van der Waals surface area contributed by atoms with Gasteiger partial charge in [-0.3, -0.25) is 0 Å². The average Bonchev–Trinajstić information content (AvgIpc) is 3.23. The first-order chi connectivity index (χ1) is 26.7. The van der Waals surface area contributed by atoms with Crippen molar-refractivity contribution >= 4 is 5.57 Å². The Morgan fingerprint density at radius 3 is 1.46 bits per heavy atom. The van der Waals surface area contributed by atoms with E-state index in [4.69, 9.17) is 18.9 Å². The molecule has 0 amide bonds. The summed E-state index contributed by atoms with van der Waals surface area (Å²) in [6.07, 6.45) is 3.06. The summed E-state index contributed by atoms with van der Waals surface area (Å²) in [6, 6.07) is 59.3. The van der Waals surface area contributed by atoms with Gasteiger partial charge in [0.15, 0.2) is 0 Å². The molecular formula is C50H50O4. The molecule has 1 aliphatic rings. The predicted molar refractivity (Wildman–Crippen MR) is 218 cm³/mol. The lowest BCUT2D eigenvalue weighted by Crippen LogP contribution is -2.50.